The average molecular weight is 494 g/mol. The number of rotatable bonds is 2. The molecule has 2 heterocycles. The predicted molar refractivity (Wildman–Crippen MR) is 142 cm³/mol. The summed E-state index contributed by atoms with van der Waals surface area (Å²) in [6, 6.07) is 15.3. The molecular formula is C29H39N3O4. The smallest absolute Gasteiger partial charge is 0.257 e. The van der Waals surface area contributed by atoms with Crippen molar-refractivity contribution in [2.24, 2.45) is 5.41 Å². The van der Waals surface area contributed by atoms with Crippen LogP contribution in [0.15, 0.2) is 48.5 Å². The van der Waals surface area contributed by atoms with Crippen molar-refractivity contribution in [1.29, 1.82) is 0 Å². The third-order valence-electron chi connectivity index (χ3n) is 7.54. The van der Waals surface area contributed by atoms with Crippen molar-refractivity contribution in [2.45, 2.75) is 32.1 Å². The molecule has 0 radical (unpaired) electrons. The molecule has 0 aliphatic carbocycles. The van der Waals surface area contributed by atoms with Crippen molar-refractivity contribution < 1.29 is 19.1 Å². The Morgan fingerprint density at radius 3 is 2.50 bits per heavy atom. The SMILES string of the molecule is CN1CCOCCCCC2(CCN(C(=O)c3cccc(N(C)C)c3)CC2)COc2ccccc2C1=O. The maximum absolute atomic E-state index is 13.3. The molecule has 7 nitrogen and oxygen atoms in total. The van der Waals surface area contributed by atoms with Crippen LogP contribution in [0.3, 0.4) is 0 Å². The van der Waals surface area contributed by atoms with Gasteiger partial charge in [0.25, 0.3) is 11.8 Å². The highest BCUT2D eigenvalue weighted by atomic mass is 16.5. The van der Waals surface area contributed by atoms with E-state index in [9.17, 15) is 9.59 Å². The summed E-state index contributed by atoms with van der Waals surface area (Å²) in [7, 11) is 5.77. The van der Waals surface area contributed by atoms with Gasteiger partial charge in [-0.1, -0.05) is 24.6 Å². The van der Waals surface area contributed by atoms with Gasteiger partial charge in [-0.25, -0.2) is 0 Å². The highest BCUT2D eigenvalue weighted by Crippen LogP contribution is 2.38. The molecule has 4 rings (SSSR count). The molecular weight excluding hydrogens is 454 g/mol. The second kappa shape index (κ2) is 11.8. The third kappa shape index (κ3) is 6.19. The van der Waals surface area contributed by atoms with Crippen LogP contribution in [0.2, 0.25) is 0 Å². The largest absolute Gasteiger partial charge is 0.492 e. The summed E-state index contributed by atoms with van der Waals surface area (Å²) in [5.41, 5.74) is 2.30. The highest BCUT2D eigenvalue weighted by molar-refractivity contribution is 5.97. The first-order valence-electron chi connectivity index (χ1n) is 13.0. The molecule has 2 aromatic carbocycles. The van der Waals surface area contributed by atoms with Gasteiger partial charge < -0.3 is 24.2 Å². The second-order valence-electron chi connectivity index (χ2n) is 10.3. The van der Waals surface area contributed by atoms with Crippen molar-refractivity contribution in [1.82, 2.24) is 9.80 Å². The molecule has 1 saturated heterocycles. The van der Waals surface area contributed by atoms with E-state index in [0.717, 1.165) is 43.4 Å². The summed E-state index contributed by atoms with van der Waals surface area (Å²) in [6.07, 6.45) is 4.81. The molecule has 0 saturated carbocycles. The van der Waals surface area contributed by atoms with Crippen LogP contribution in [-0.2, 0) is 4.74 Å². The number of likely N-dealkylation sites (tertiary alicyclic amines) is 1. The maximum Gasteiger partial charge on any atom is 0.257 e. The van der Waals surface area contributed by atoms with Crippen molar-refractivity contribution in [3.63, 3.8) is 0 Å². The van der Waals surface area contributed by atoms with Gasteiger partial charge in [0, 0.05) is 64.0 Å². The van der Waals surface area contributed by atoms with Crippen LogP contribution in [0.25, 0.3) is 0 Å². The third-order valence-corrected chi connectivity index (χ3v) is 7.54. The lowest BCUT2D eigenvalue weighted by Crippen LogP contribution is -2.45. The number of para-hydroxylation sites is 1. The summed E-state index contributed by atoms with van der Waals surface area (Å²) in [6.45, 7) is 3.73. The van der Waals surface area contributed by atoms with Crippen molar-refractivity contribution in [3.8, 4) is 5.75 Å². The minimum Gasteiger partial charge on any atom is -0.492 e. The molecule has 194 valence electrons. The van der Waals surface area contributed by atoms with Crippen LogP contribution in [0.4, 0.5) is 5.69 Å². The van der Waals surface area contributed by atoms with Crippen molar-refractivity contribution in [3.05, 3.63) is 59.7 Å². The van der Waals surface area contributed by atoms with E-state index < -0.39 is 0 Å². The van der Waals surface area contributed by atoms with E-state index in [1.165, 1.54) is 0 Å². The highest BCUT2D eigenvalue weighted by Gasteiger charge is 2.37. The minimum absolute atomic E-state index is 0.0333. The number of amides is 2. The first-order valence-corrected chi connectivity index (χ1v) is 13.0. The van der Waals surface area contributed by atoms with Crippen molar-refractivity contribution >= 4 is 17.5 Å². The normalized spacial score (nSPS) is 19.2. The van der Waals surface area contributed by atoms with Crippen molar-refractivity contribution in [2.75, 3.05) is 65.5 Å². The van der Waals surface area contributed by atoms with Gasteiger partial charge in [-0.3, -0.25) is 9.59 Å². The van der Waals surface area contributed by atoms with Crippen LogP contribution in [0.1, 0.15) is 52.8 Å². The minimum atomic E-state index is -0.0549. The van der Waals surface area contributed by atoms with Crippen LogP contribution in [-0.4, -0.2) is 82.2 Å². The maximum atomic E-state index is 13.3. The number of hydrogen-bond donors (Lipinski definition) is 0. The predicted octanol–water partition coefficient (Wildman–Crippen LogP) is 4.33. The molecule has 2 aliphatic rings. The Bertz CT molecular complexity index is 1050. The summed E-state index contributed by atoms with van der Waals surface area (Å²) in [5.74, 6) is 0.661. The number of carbonyl (C=O) groups excluding carboxylic acids is 2. The zero-order chi connectivity index (χ0) is 25.5. The average Bonchev–Trinajstić information content (AvgIpc) is 2.90. The van der Waals surface area contributed by atoms with E-state index in [0.29, 0.717) is 50.8 Å². The van der Waals surface area contributed by atoms with Gasteiger partial charge in [-0.05, 0) is 56.0 Å². The molecule has 7 heteroatoms. The number of anilines is 1. The first kappa shape index (κ1) is 26.0. The quantitative estimate of drug-likeness (QED) is 0.623. The summed E-state index contributed by atoms with van der Waals surface area (Å²) >= 11 is 0. The molecule has 0 N–H and O–H groups in total. The van der Waals surface area contributed by atoms with E-state index in [1.54, 1.807) is 11.9 Å². The van der Waals surface area contributed by atoms with Gasteiger partial charge >= 0.3 is 0 Å². The number of fused-ring (bicyclic) bond motifs is 1. The Morgan fingerprint density at radius 1 is 0.944 bits per heavy atom. The number of piperidine rings is 1. The Morgan fingerprint density at radius 2 is 1.72 bits per heavy atom. The van der Waals surface area contributed by atoms with Gasteiger partial charge in [0.15, 0.2) is 0 Å². The fourth-order valence-corrected chi connectivity index (χ4v) is 5.07. The van der Waals surface area contributed by atoms with E-state index in [-0.39, 0.29) is 17.2 Å². The Hall–Kier alpha value is -3.06. The lowest BCUT2D eigenvalue weighted by molar-refractivity contribution is 0.0329. The van der Waals surface area contributed by atoms with Gasteiger partial charge in [-0.15, -0.1) is 0 Å². The molecule has 0 unspecified atom stereocenters. The number of nitrogens with zero attached hydrogens (tertiary/aromatic N) is 3. The summed E-state index contributed by atoms with van der Waals surface area (Å²) in [5, 5.41) is 0. The monoisotopic (exact) mass is 493 g/mol. The first-order chi connectivity index (χ1) is 17.4. The van der Waals surface area contributed by atoms with E-state index in [1.807, 2.05) is 72.4 Å². The summed E-state index contributed by atoms with van der Waals surface area (Å²) in [4.78, 5) is 32.0. The molecule has 1 spiro atoms. The molecule has 0 bridgehead atoms. The van der Waals surface area contributed by atoms with Gasteiger partial charge in [-0.2, -0.15) is 0 Å². The van der Waals surface area contributed by atoms with Crippen LogP contribution >= 0.6 is 0 Å². The summed E-state index contributed by atoms with van der Waals surface area (Å²) < 4.78 is 12.2. The van der Waals surface area contributed by atoms with Gasteiger partial charge in [0.2, 0.25) is 0 Å². The van der Waals surface area contributed by atoms with E-state index >= 15 is 0 Å². The van der Waals surface area contributed by atoms with E-state index in [4.69, 9.17) is 9.47 Å². The number of benzene rings is 2. The molecule has 36 heavy (non-hydrogen) atoms. The second-order valence-corrected chi connectivity index (χ2v) is 10.3. The zero-order valence-corrected chi connectivity index (χ0v) is 21.9. The Labute approximate surface area is 215 Å². The molecule has 2 amide bonds. The molecule has 0 atom stereocenters. The standard InChI is InChI=1S/C29H39N3O4/c1-30(2)24-10-8-9-23(21-24)27(33)32-16-14-29(15-17-32)13-6-7-19-35-20-18-31(3)28(34)25-11-4-5-12-26(25)36-22-29/h4-5,8-12,21H,6-7,13-20,22H2,1-3H3. The lowest BCUT2D eigenvalue weighted by atomic mass is 9.75. The number of carbonyl (C=O) groups is 2. The topological polar surface area (TPSA) is 62.3 Å². The van der Waals surface area contributed by atoms with Gasteiger partial charge in [0.1, 0.15) is 5.75 Å². The fraction of sp³-hybridized carbons (Fsp3) is 0.517. The molecule has 2 aromatic rings. The lowest BCUT2D eigenvalue weighted by Gasteiger charge is -2.42. The number of likely N-dealkylation sites (N-methyl/N-ethyl adjacent to an activating group) is 1. The molecule has 2 aliphatic heterocycles. The Kier molecular flexibility index (Phi) is 8.52. The molecule has 1 fully saturated rings. The Balaban J connectivity index is 1.48. The van der Waals surface area contributed by atoms with E-state index in [2.05, 4.69) is 0 Å². The number of ether oxygens (including phenoxy) is 2. The van der Waals surface area contributed by atoms with Crippen LogP contribution < -0.4 is 9.64 Å². The fourth-order valence-electron chi connectivity index (χ4n) is 5.07. The molecule has 0 aromatic heterocycles. The zero-order valence-electron chi connectivity index (χ0n) is 21.9. The van der Waals surface area contributed by atoms with Crippen LogP contribution in [0.5, 0.6) is 5.75 Å². The number of hydrogen-bond acceptors (Lipinski definition) is 5. The van der Waals surface area contributed by atoms with Crippen LogP contribution in [0, 0.1) is 5.41 Å². The van der Waals surface area contributed by atoms with Gasteiger partial charge in [0.05, 0.1) is 18.8 Å².